The lowest BCUT2D eigenvalue weighted by molar-refractivity contribution is 0.0775. The molecular formula is C24H23FN2O3S. The van der Waals surface area contributed by atoms with Gasteiger partial charge in [-0.15, -0.1) is 11.3 Å². The summed E-state index contributed by atoms with van der Waals surface area (Å²) >= 11 is 1.58. The molecule has 0 spiro atoms. The van der Waals surface area contributed by atoms with Gasteiger partial charge in [0.1, 0.15) is 11.5 Å². The third-order valence-electron chi connectivity index (χ3n) is 5.19. The predicted molar refractivity (Wildman–Crippen MR) is 121 cm³/mol. The van der Waals surface area contributed by atoms with Crippen molar-refractivity contribution < 1.29 is 18.7 Å². The zero-order chi connectivity index (χ0) is 22.0. The van der Waals surface area contributed by atoms with Gasteiger partial charge < -0.3 is 18.9 Å². The zero-order valence-corrected chi connectivity index (χ0v) is 18.4. The first-order chi connectivity index (χ1) is 15.0. The van der Waals surface area contributed by atoms with Crippen LogP contribution < -0.4 is 9.47 Å². The first kappa shape index (κ1) is 20.9. The molecular weight excluding hydrogens is 415 g/mol. The summed E-state index contributed by atoms with van der Waals surface area (Å²) in [5.41, 5.74) is 3.28. The number of aromatic nitrogens is 1. The van der Waals surface area contributed by atoms with Crippen LogP contribution in [0.3, 0.4) is 0 Å². The maximum absolute atomic E-state index is 13.7. The van der Waals surface area contributed by atoms with Crippen molar-refractivity contribution >= 4 is 27.5 Å². The van der Waals surface area contributed by atoms with Crippen molar-refractivity contribution in [2.45, 2.75) is 13.1 Å². The van der Waals surface area contributed by atoms with Gasteiger partial charge in [-0.2, -0.15) is 0 Å². The van der Waals surface area contributed by atoms with E-state index in [1.54, 1.807) is 43.6 Å². The number of rotatable bonds is 7. The smallest absolute Gasteiger partial charge is 0.270 e. The molecule has 1 amide bonds. The molecule has 0 aliphatic rings. The minimum Gasteiger partial charge on any atom is -0.493 e. The number of hydrogen-bond acceptors (Lipinski definition) is 4. The van der Waals surface area contributed by atoms with Crippen molar-refractivity contribution in [2.24, 2.45) is 0 Å². The molecule has 4 rings (SSSR count). The second-order valence-electron chi connectivity index (χ2n) is 7.27. The van der Waals surface area contributed by atoms with Crippen LogP contribution in [0, 0.1) is 5.82 Å². The molecule has 0 fully saturated rings. The fourth-order valence-corrected chi connectivity index (χ4v) is 4.48. The Kier molecular flexibility index (Phi) is 5.95. The number of amides is 1. The van der Waals surface area contributed by atoms with Gasteiger partial charge in [-0.05, 0) is 52.9 Å². The summed E-state index contributed by atoms with van der Waals surface area (Å²) in [5.74, 6) is 0.875. The van der Waals surface area contributed by atoms with E-state index in [0.29, 0.717) is 30.3 Å². The Labute approximate surface area is 184 Å². The van der Waals surface area contributed by atoms with E-state index >= 15 is 0 Å². The Bertz CT molecular complexity index is 1230. The highest BCUT2D eigenvalue weighted by molar-refractivity contribution is 7.17. The maximum Gasteiger partial charge on any atom is 0.270 e. The molecule has 0 bridgehead atoms. The molecule has 2 aromatic carbocycles. The standard InChI is InChI=1S/C24H23FN2O3S/c1-26(14-17-7-8-21(29-2)22(12-17)30-3)24(28)20-13-23-19(9-10-31-23)27(20)15-16-5-4-6-18(25)11-16/h4-13H,14-15H2,1-3H3. The summed E-state index contributed by atoms with van der Waals surface area (Å²) in [4.78, 5) is 15.0. The fraction of sp³-hybridized carbons (Fsp3) is 0.208. The average molecular weight is 439 g/mol. The molecule has 0 aliphatic heterocycles. The van der Waals surface area contributed by atoms with E-state index in [4.69, 9.17) is 9.47 Å². The van der Waals surface area contributed by atoms with E-state index in [0.717, 1.165) is 21.3 Å². The van der Waals surface area contributed by atoms with Crippen molar-refractivity contribution in [3.05, 3.63) is 82.6 Å². The predicted octanol–water partition coefficient (Wildman–Crippen LogP) is 5.18. The Hall–Kier alpha value is -3.32. The summed E-state index contributed by atoms with van der Waals surface area (Å²) in [5, 5.41) is 1.99. The molecule has 0 saturated carbocycles. The maximum atomic E-state index is 13.7. The molecule has 31 heavy (non-hydrogen) atoms. The van der Waals surface area contributed by atoms with Crippen LogP contribution in [0.4, 0.5) is 4.39 Å². The van der Waals surface area contributed by atoms with Gasteiger partial charge in [-0.25, -0.2) is 4.39 Å². The fourth-order valence-electron chi connectivity index (χ4n) is 3.66. The Balaban J connectivity index is 1.62. The third kappa shape index (κ3) is 4.27. The van der Waals surface area contributed by atoms with Crippen molar-refractivity contribution in [1.29, 1.82) is 0 Å². The number of nitrogens with zero attached hydrogens (tertiary/aromatic N) is 2. The largest absolute Gasteiger partial charge is 0.493 e. The first-order valence-corrected chi connectivity index (χ1v) is 10.7. The summed E-state index contributed by atoms with van der Waals surface area (Å²) in [6, 6.07) is 16.0. The second kappa shape index (κ2) is 8.81. The molecule has 0 atom stereocenters. The van der Waals surface area contributed by atoms with E-state index < -0.39 is 0 Å². The number of fused-ring (bicyclic) bond motifs is 1. The van der Waals surface area contributed by atoms with Crippen LogP contribution in [0.25, 0.3) is 10.2 Å². The second-order valence-corrected chi connectivity index (χ2v) is 8.21. The lowest BCUT2D eigenvalue weighted by atomic mass is 10.2. The Morgan fingerprint density at radius 3 is 2.58 bits per heavy atom. The highest BCUT2D eigenvalue weighted by Gasteiger charge is 2.20. The molecule has 2 aromatic heterocycles. The van der Waals surface area contributed by atoms with Crippen molar-refractivity contribution in [3.63, 3.8) is 0 Å². The van der Waals surface area contributed by atoms with Gasteiger partial charge in [0, 0.05) is 20.1 Å². The van der Waals surface area contributed by atoms with Crippen LogP contribution in [0.15, 0.2) is 60.0 Å². The van der Waals surface area contributed by atoms with Gasteiger partial charge in [0.15, 0.2) is 11.5 Å². The monoisotopic (exact) mass is 438 g/mol. The van der Waals surface area contributed by atoms with E-state index in [9.17, 15) is 9.18 Å². The van der Waals surface area contributed by atoms with E-state index in [1.807, 2.05) is 46.3 Å². The number of carbonyl (C=O) groups excluding carboxylic acids is 1. The van der Waals surface area contributed by atoms with Gasteiger partial charge in [-0.3, -0.25) is 4.79 Å². The van der Waals surface area contributed by atoms with Gasteiger partial charge in [0.25, 0.3) is 5.91 Å². The first-order valence-electron chi connectivity index (χ1n) is 9.77. The Morgan fingerprint density at radius 1 is 1.03 bits per heavy atom. The topological polar surface area (TPSA) is 43.7 Å². The quantitative estimate of drug-likeness (QED) is 0.399. The number of carbonyl (C=O) groups is 1. The number of methoxy groups -OCH3 is 2. The number of benzene rings is 2. The molecule has 0 N–H and O–H groups in total. The summed E-state index contributed by atoms with van der Waals surface area (Å²) in [6.45, 7) is 0.835. The molecule has 160 valence electrons. The average Bonchev–Trinajstić information content (AvgIpc) is 3.35. The van der Waals surface area contributed by atoms with Gasteiger partial charge in [0.05, 0.1) is 24.4 Å². The molecule has 0 saturated heterocycles. The molecule has 7 heteroatoms. The number of thiophene rings is 1. The van der Waals surface area contributed by atoms with Crippen LogP contribution in [-0.4, -0.2) is 36.6 Å². The van der Waals surface area contributed by atoms with Crippen LogP contribution in [0.1, 0.15) is 21.6 Å². The summed E-state index contributed by atoms with van der Waals surface area (Å²) in [6.07, 6.45) is 0. The summed E-state index contributed by atoms with van der Waals surface area (Å²) < 4.78 is 27.3. The molecule has 0 radical (unpaired) electrons. The van der Waals surface area contributed by atoms with E-state index in [1.165, 1.54) is 12.1 Å². The lowest BCUT2D eigenvalue weighted by Crippen LogP contribution is -2.28. The molecule has 2 heterocycles. The van der Waals surface area contributed by atoms with Crippen LogP contribution >= 0.6 is 11.3 Å². The van der Waals surface area contributed by atoms with Crippen LogP contribution in [0.5, 0.6) is 11.5 Å². The highest BCUT2D eigenvalue weighted by atomic mass is 32.1. The molecule has 5 nitrogen and oxygen atoms in total. The van der Waals surface area contributed by atoms with Gasteiger partial charge in [0.2, 0.25) is 0 Å². The van der Waals surface area contributed by atoms with Crippen molar-refractivity contribution in [3.8, 4) is 11.5 Å². The van der Waals surface area contributed by atoms with Crippen LogP contribution in [0.2, 0.25) is 0 Å². The number of halogens is 1. The van der Waals surface area contributed by atoms with Gasteiger partial charge in [-0.1, -0.05) is 18.2 Å². The zero-order valence-electron chi connectivity index (χ0n) is 17.6. The molecule has 0 unspecified atom stereocenters. The van der Waals surface area contributed by atoms with Gasteiger partial charge >= 0.3 is 0 Å². The number of ether oxygens (including phenoxy) is 2. The molecule has 4 aromatic rings. The Morgan fingerprint density at radius 2 is 1.84 bits per heavy atom. The normalized spacial score (nSPS) is 11.0. The third-order valence-corrected chi connectivity index (χ3v) is 6.04. The minimum absolute atomic E-state index is 0.102. The lowest BCUT2D eigenvalue weighted by Gasteiger charge is -2.20. The summed E-state index contributed by atoms with van der Waals surface area (Å²) in [7, 11) is 4.95. The number of hydrogen-bond donors (Lipinski definition) is 0. The minimum atomic E-state index is -0.287. The highest BCUT2D eigenvalue weighted by Crippen LogP contribution is 2.29. The van der Waals surface area contributed by atoms with Crippen molar-refractivity contribution in [2.75, 3.05) is 21.3 Å². The van der Waals surface area contributed by atoms with E-state index in [2.05, 4.69) is 0 Å². The van der Waals surface area contributed by atoms with E-state index in [-0.39, 0.29) is 11.7 Å². The van der Waals surface area contributed by atoms with Crippen LogP contribution in [-0.2, 0) is 13.1 Å². The molecule has 0 aliphatic carbocycles. The SMILES string of the molecule is COc1ccc(CN(C)C(=O)c2cc3sccc3n2Cc2cccc(F)c2)cc1OC. The van der Waals surface area contributed by atoms with Crippen molar-refractivity contribution in [1.82, 2.24) is 9.47 Å².